The zero-order valence-electron chi connectivity index (χ0n) is 15.3. The van der Waals surface area contributed by atoms with Crippen LogP contribution >= 0.6 is 0 Å². The van der Waals surface area contributed by atoms with E-state index >= 15 is 0 Å². The standard InChI is InChI=1S/C18H29F3N4/c1-4-25(5-2)13-7-6-12-23-17(22-3)24-14-15-8-10-16(11-9-15)18(19,20)21/h8-11H,4-7,12-14H2,1-3H3,(H2,22,23,24). The molecule has 0 aliphatic carbocycles. The van der Waals surface area contributed by atoms with Crippen molar-refractivity contribution in [1.29, 1.82) is 0 Å². The monoisotopic (exact) mass is 358 g/mol. The molecule has 0 aromatic heterocycles. The summed E-state index contributed by atoms with van der Waals surface area (Å²) in [6, 6.07) is 5.15. The van der Waals surface area contributed by atoms with Crippen LogP contribution in [0.25, 0.3) is 0 Å². The Morgan fingerprint density at radius 2 is 1.68 bits per heavy atom. The molecule has 0 atom stereocenters. The molecule has 0 bridgehead atoms. The van der Waals surface area contributed by atoms with Gasteiger partial charge < -0.3 is 15.5 Å². The average Bonchev–Trinajstić information content (AvgIpc) is 2.60. The highest BCUT2D eigenvalue weighted by Crippen LogP contribution is 2.28. The molecule has 0 radical (unpaired) electrons. The van der Waals surface area contributed by atoms with E-state index in [9.17, 15) is 13.2 Å². The molecule has 0 spiro atoms. The van der Waals surface area contributed by atoms with Crippen molar-refractivity contribution >= 4 is 5.96 Å². The highest BCUT2D eigenvalue weighted by atomic mass is 19.4. The molecule has 0 heterocycles. The van der Waals surface area contributed by atoms with Crippen molar-refractivity contribution in [2.45, 2.75) is 39.4 Å². The van der Waals surface area contributed by atoms with Crippen molar-refractivity contribution in [1.82, 2.24) is 15.5 Å². The van der Waals surface area contributed by atoms with Crippen molar-refractivity contribution in [3.63, 3.8) is 0 Å². The van der Waals surface area contributed by atoms with Gasteiger partial charge in [-0.05, 0) is 50.2 Å². The highest BCUT2D eigenvalue weighted by molar-refractivity contribution is 5.79. The minimum atomic E-state index is -4.30. The fraction of sp³-hybridized carbons (Fsp3) is 0.611. The number of unbranched alkanes of at least 4 members (excludes halogenated alkanes) is 1. The Bertz CT molecular complexity index is 508. The van der Waals surface area contributed by atoms with E-state index in [-0.39, 0.29) is 0 Å². The van der Waals surface area contributed by atoms with E-state index in [1.165, 1.54) is 12.1 Å². The molecule has 0 aliphatic heterocycles. The van der Waals surface area contributed by atoms with Crippen molar-refractivity contribution in [3.8, 4) is 0 Å². The lowest BCUT2D eigenvalue weighted by molar-refractivity contribution is -0.137. The molecule has 0 fully saturated rings. The lowest BCUT2D eigenvalue weighted by atomic mass is 10.1. The molecule has 0 amide bonds. The molecule has 0 unspecified atom stereocenters. The molecular formula is C18H29F3N4. The molecule has 1 aromatic rings. The summed E-state index contributed by atoms with van der Waals surface area (Å²) < 4.78 is 37.6. The Kier molecular flexibility index (Phi) is 9.34. The summed E-state index contributed by atoms with van der Waals surface area (Å²) in [6.07, 6.45) is -2.14. The fourth-order valence-corrected chi connectivity index (χ4v) is 2.43. The fourth-order valence-electron chi connectivity index (χ4n) is 2.43. The van der Waals surface area contributed by atoms with Gasteiger partial charge in [0, 0.05) is 20.1 Å². The van der Waals surface area contributed by atoms with E-state index in [0.717, 1.165) is 56.7 Å². The predicted molar refractivity (Wildman–Crippen MR) is 96.7 cm³/mol. The van der Waals surface area contributed by atoms with Crippen molar-refractivity contribution < 1.29 is 13.2 Å². The Morgan fingerprint density at radius 1 is 1.04 bits per heavy atom. The Balaban J connectivity index is 2.30. The smallest absolute Gasteiger partial charge is 0.356 e. The second-order valence-electron chi connectivity index (χ2n) is 5.78. The van der Waals surface area contributed by atoms with Gasteiger partial charge in [-0.2, -0.15) is 13.2 Å². The second kappa shape index (κ2) is 11.0. The van der Waals surface area contributed by atoms with E-state index in [4.69, 9.17) is 0 Å². The molecule has 142 valence electrons. The van der Waals surface area contributed by atoms with Gasteiger partial charge in [0.1, 0.15) is 0 Å². The van der Waals surface area contributed by atoms with Crippen LogP contribution in [-0.2, 0) is 12.7 Å². The largest absolute Gasteiger partial charge is 0.416 e. The first-order chi connectivity index (χ1) is 11.9. The van der Waals surface area contributed by atoms with Crippen LogP contribution in [0.4, 0.5) is 13.2 Å². The first-order valence-electron chi connectivity index (χ1n) is 8.73. The van der Waals surface area contributed by atoms with E-state index in [2.05, 4.69) is 34.4 Å². The summed E-state index contributed by atoms with van der Waals surface area (Å²) in [6.45, 7) is 8.79. The zero-order chi connectivity index (χ0) is 18.7. The van der Waals surface area contributed by atoms with Gasteiger partial charge in [-0.15, -0.1) is 0 Å². The maximum atomic E-state index is 12.5. The number of rotatable bonds is 9. The topological polar surface area (TPSA) is 39.7 Å². The maximum Gasteiger partial charge on any atom is 0.416 e. The molecular weight excluding hydrogens is 329 g/mol. The Labute approximate surface area is 148 Å². The minimum absolute atomic E-state index is 0.428. The van der Waals surface area contributed by atoms with E-state index in [0.29, 0.717) is 12.5 Å². The third kappa shape index (κ3) is 8.25. The van der Waals surface area contributed by atoms with Gasteiger partial charge in [0.15, 0.2) is 5.96 Å². The van der Waals surface area contributed by atoms with Gasteiger partial charge in [0.25, 0.3) is 0 Å². The van der Waals surface area contributed by atoms with Gasteiger partial charge in [-0.1, -0.05) is 26.0 Å². The number of halogens is 3. The Morgan fingerprint density at radius 3 is 2.20 bits per heavy atom. The molecule has 0 saturated heterocycles. The van der Waals surface area contributed by atoms with Gasteiger partial charge in [0.05, 0.1) is 5.56 Å². The molecule has 2 N–H and O–H groups in total. The van der Waals surface area contributed by atoms with E-state index in [1.54, 1.807) is 7.05 Å². The zero-order valence-corrected chi connectivity index (χ0v) is 15.3. The average molecular weight is 358 g/mol. The van der Waals surface area contributed by atoms with Gasteiger partial charge in [-0.3, -0.25) is 4.99 Å². The normalized spacial score (nSPS) is 12.5. The summed E-state index contributed by atoms with van der Waals surface area (Å²) in [5.41, 5.74) is 0.143. The number of benzene rings is 1. The predicted octanol–water partition coefficient (Wildman–Crippen LogP) is 3.49. The molecule has 1 rings (SSSR count). The number of alkyl halides is 3. The summed E-state index contributed by atoms with van der Waals surface area (Å²) in [5.74, 6) is 0.655. The molecule has 0 saturated carbocycles. The second-order valence-corrected chi connectivity index (χ2v) is 5.78. The van der Waals surface area contributed by atoms with Crippen LogP contribution in [0.5, 0.6) is 0 Å². The van der Waals surface area contributed by atoms with Crippen molar-refractivity contribution in [2.75, 3.05) is 33.2 Å². The maximum absolute atomic E-state index is 12.5. The van der Waals surface area contributed by atoms with Crippen LogP contribution < -0.4 is 10.6 Å². The quantitative estimate of drug-likeness (QED) is 0.403. The number of nitrogens with one attached hydrogen (secondary N) is 2. The van der Waals surface area contributed by atoms with Crippen LogP contribution in [0, 0.1) is 0 Å². The van der Waals surface area contributed by atoms with Crippen molar-refractivity contribution in [3.05, 3.63) is 35.4 Å². The first-order valence-corrected chi connectivity index (χ1v) is 8.73. The van der Waals surface area contributed by atoms with E-state index in [1.807, 2.05) is 0 Å². The highest BCUT2D eigenvalue weighted by Gasteiger charge is 2.29. The molecule has 1 aromatic carbocycles. The lowest BCUT2D eigenvalue weighted by Crippen LogP contribution is -2.37. The first kappa shape index (κ1) is 21.3. The van der Waals surface area contributed by atoms with Gasteiger partial charge >= 0.3 is 6.18 Å². The van der Waals surface area contributed by atoms with Crippen LogP contribution in [-0.4, -0.2) is 44.1 Å². The van der Waals surface area contributed by atoms with Crippen LogP contribution in [0.15, 0.2) is 29.3 Å². The third-order valence-corrected chi connectivity index (χ3v) is 4.05. The van der Waals surface area contributed by atoms with Crippen LogP contribution in [0.3, 0.4) is 0 Å². The number of guanidine groups is 1. The Hall–Kier alpha value is -1.76. The van der Waals surface area contributed by atoms with Gasteiger partial charge in [0.2, 0.25) is 0 Å². The minimum Gasteiger partial charge on any atom is -0.356 e. The molecule has 25 heavy (non-hydrogen) atoms. The molecule has 0 aliphatic rings. The van der Waals surface area contributed by atoms with E-state index < -0.39 is 11.7 Å². The number of nitrogens with zero attached hydrogens (tertiary/aromatic N) is 2. The summed E-state index contributed by atoms with van der Waals surface area (Å²) in [5, 5.41) is 6.34. The summed E-state index contributed by atoms with van der Waals surface area (Å²) in [4.78, 5) is 6.52. The molecule has 4 nitrogen and oxygen atoms in total. The third-order valence-electron chi connectivity index (χ3n) is 4.05. The molecule has 7 heteroatoms. The van der Waals surface area contributed by atoms with Crippen LogP contribution in [0.1, 0.15) is 37.8 Å². The number of aliphatic imine (C=N–C) groups is 1. The summed E-state index contributed by atoms with van der Waals surface area (Å²) >= 11 is 0. The SMILES string of the molecule is CCN(CC)CCCCNC(=NC)NCc1ccc(C(F)(F)F)cc1. The number of hydrogen-bond acceptors (Lipinski definition) is 2. The van der Waals surface area contributed by atoms with Crippen LogP contribution in [0.2, 0.25) is 0 Å². The van der Waals surface area contributed by atoms with Crippen molar-refractivity contribution in [2.24, 2.45) is 4.99 Å². The lowest BCUT2D eigenvalue weighted by Gasteiger charge is -2.18. The number of hydrogen-bond donors (Lipinski definition) is 2. The van der Waals surface area contributed by atoms with Gasteiger partial charge in [-0.25, -0.2) is 0 Å². The summed E-state index contributed by atoms with van der Waals surface area (Å²) in [7, 11) is 1.68.